The highest BCUT2D eigenvalue weighted by atomic mass is 19.4. The Bertz CT molecular complexity index is 1270. The maximum absolute atomic E-state index is 12.6. The SMILES string of the molecule is CC(C)(C)c1ccc(C(Nc2ccc(C(=O)NCCC(=O)O)cc2)c2ccc(OC(F)(F)F)cc2O)cc1. The maximum Gasteiger partial charge on any atom is 0.573 e. The molecule has 0 saturated heterocycles. The summed E-state index contributed by atoms with van der Waals surface area (Å²) >= 11 is 0. The molecule has 0 aliphatic carbocycles. The molecular weight excluding hydrogens is 501 g/mol. The summed E-state index contributed by atoms with van der Waals surface area (Å²) in [5.41, 5.74) is 2.94. The number of carboxylic acids is 1. The van der Waals surface area contributed by atoms with Gasteiger partial charge in [-0.15, -0.1) is 13.2 Å². The zero-order valence-corrected chi connectivity index (χ0v) is 21.1. The quantitative estimate of drug-likeness (QED) is 0.271. The Kier molecular flexibility index (Phi) is 8.55. The lowest BCUT2D eigenvalue weighted by Crippen LogP contribution is -2.25. The number of benzene rings is 3. The van der Waals surface area contributed by atoms with Crippen molar-refractivity contribution in [1.29, 1.82) is 0 Å². The minimum atomic E-state index is -4.89. The number of amides is 1. The van der Waals surface area contributed by atoms with Gasteiger partial charge in [0.05, 0.1) is 12.5 Å². The monoisotopic (exact) mass is 530 g/mol. The van der Waals surface area contributed by atoms with Crippen molar-refractivity contribution in [3.63, 3.8) is 0 Å². The van der Waals surface area contributed by atoms with Gasteiger partial charge in [0.25, 0.3) is 5.91 Å². The third-order valence-corrected chi connectivity index (χ3v) is 5.74. The Hall–Kier alpha value is -4.21. The van der Waals surface area contributed by atoms with E-state index in [0.29, 0.717) is 16.8 Å². The summed E-state index contributed by atoms with van der Waals surface area (Å²) in [6.45, 7) is 6.21. The minimum Gasteiger partial charge on any atom is -0.507 e. The van der Waals surface area contributed by atoms with Gasteiger partial charge in [-0.1, -0.05) is 45.0 Å². The molecule has 202 valence electrons. The molecule has 1 amide bonds. The lowest BCUT2D eigenvalue weighted by Gasteiger charge is -2.24. The van der Waals surface area contributed by atoms with Crippen molar-refractivity contribution in [2.45, 2.75) is 45.0 Å². The molecule has 1 atom stereocenters. The fourth-order valence-electron chi connectivity index (χ4n) is 3.75. The van der Waals surface area contributed by atoms with Crippen LogP contribution in [0.25, 0.3) is 0 Å². The molecule has 7 nitrogen and oxygen atoms in total. The number of aromatic hydroxyl groups is 1. The molecule has 0 spiro atoms. The number of anilines is 1. The first-order valence-corrected chi connectivity index (χ1v) is 11.8. The molecule has 0 saturated carbocycles. The maximum atomic E-state index is 12.6. The van der Waals surface area contributed by atoms with Gasteiger partial charge in [-0.05, 0) is 52.9 Å². The molecular formula is C28H29F3N2O5. The van der Waals surface area contributed by atoms with E-state index in [-0.39, 0.29) is 18.4 Å². The number of hydrogen-bond donors (Lipinski definition) is 4. The van der Waals surface area contributed by atoms with Crippen LogP contribution in [0.4, 0.5) is 18.9 Å². The van der Waals surface area contributed by atoms with E-state index in [2.05, 4.69) is 36.1 Å². The fourth-order valence-corrected chi connectivity index (χ4v) is 3.75. The fraction of sp³-hybridized carbons (Fsp3) is 0.286. The number of carboxylic acid groups (broad SMARTS) is 1. The van der Waals surface area contributed by atoms with Crippen molar-refractivity contribution in [1.82, 2.24) is 5.32 Å². The first-order chi connectivity index (χ1) is 17.7. The molecule has 0 aromatic heterocycles. The smallest absolute Gasteiger partial charge is 0.507 e. The predicted octanol–water partition coefficient (Wildman–Crippen LogP) is 5.99. The van der Waals surface area contributed by atoms with Crippen LogP contribution in [0.15, 0.2) is 66.7 Å². The second kappa shape index (κ2) is 11.5. The highest BCUT2D eigenvalue weighted by molar-refractivity contribution is 5.94. The molecule has 0 radical (unpaired) electrons. The first kappa shape index (κ1) is 28.4. The van der Waals surface area contributed by atoms with Crippen LogP contribution in [0.1, 0.15) is 60.3 Å². The van der Waals surface area contributed by atoms with Crippen molar-refractivity contribution >= 4 is 17.6 Å². The number of rotatable bonds is 9. The van der Waals surface area contributed by atoms with Gasteiger partial charge in [-0.2, -0.15) is 0 Å². The molecule has 10 heteroatoms. The van der Waals surface area contributed by atoms with Gasteiger partial charge in [-0.25, -0.2) is 0 Å². The summed E-state index contributed by atoms with van der Waals surface area (Å²) in [7, 11) is 0. The van der Waals surface area contributed by atoms with Gasteiger partial charge in [0.1, 0.15) is 11.5 Å². The van der Waals surface area contributed by atoms with Gasteiger partial charge in [-0.3, -0.25) is 9.59 Å². The Morgan fingerprint density at radius 3 is 2.11 bits per heavy atom. The summed E-state index contributed by atoms with van der Waals surface area (Å²) in [4.78, 5) is 22.9. The number of halogens is 3. The molecule has 1 unspecified atom stereocenters. The van der Waals surface area contributed by atoms with E-state index >= 15 is 0 Å². The number of nitrogens with one attached hydrogen (secondary N) is 2. The number of phenols is 1. The molecule has 3 rings (SSSR count). The Morgan fingerprint density at radius 2 is 1.58 bits per heavy atom. The average Bonchev–Trinajstić information content (AvgIpc) is 2.81. The van der Waals surface area contributed by atoms with Crippen molar-refractivity contribution in [3.8, 4) is 11.5 Å². The van der Waals surface area contributed by atoms with Crippen LogP contribution in [-0.4, -0.2) is 35.0 Å². The normalized spacial score (nSPS) is 12.5. The lowest BCUT2D eigenvalue weighted by molar-refractivity contribution is -0.274. The van der Waals surface area contributed by atoms with Crippen LogP contribution in [0.3, 0.4) is 0 Å². The summed E-state index contributed by atoms with van der Waals surface area (Å²) in [6, 6.07) is 16.8. The molecule has 38 heavy (non-hydrogen) atoms. The molecule has 0 fully saturated rings. The van der Waals surface area contributed by atoms with Gasteiger partial charge in [0, 0.05) is 29.4 Å². The van der Waals surface area contributed by atoms with Crippen LogP contribution in [0.5, 0.6) is 11.5 Å². The largest absolute Gasteiger partial charge is 0.573 e. The number of carbonyl (C=O) groups excluding carboxylic acids is 1. The van der Waals surface area contributed by atoms with Gasteiger partial charge in [0.2, 0.25) is 0 Å². The zero-order chi connectivity index (χ0) is 28.1. The highest BCUT2D eigenvalue weighted by Gasteiger charge is 2.31. The average molecular weight is 531 g/mol. The summed E-state index contributed by atoms with van der Waals surface area (Å²) in [5.74, 6) is -2.38. The van der Waals surface area contributed by atoms with E-state index in [4.69, 9.17) is 5.11 Å². The predicted molar refractivity (Wildman–Crippen MR) is 136 cm³/mol. The van der Waals surface area contributed by atoms with E-state index < -0.39 is 35.8 Å². The third-order valence-electron chi connectivity index (χ3n) is 5.74. The molecule has 3 aromatic rings. The van der Waals surface area contributed by atoms with Crippen molar-refractivity contribution in [2.24, 2.45) is 0 Å². The van der Waals surface area contributed by atoms with E-state index in [1.165, 1.54) is 6.07 Å². The second-order valence-corrected chi connectivity index (χ2v) is 9.69. The minimum absolute atomic E-state index is 0.00582. The topological polar surface area (TPSA) is 108 Å². The second-order valence-electron chi connectivity index (χ2n) is 9.69. The van der Waals surface area contributed by atoms with Gasteiger partial charge < -0.3 is 25.6 Å². The molecule has 3 aromatic carbocycles. The number of ether oxygens (including phenoxy) is 1. The van der Waals surface area contributed by atoms with Crippen LogP contribution in [-0.2, 0) is 10.2 Å². The number of carbonyl (C=O) groups is 2. The van der Waals surface area contributed by atoms with Crippen molar-refractivity contribution in [3.05, 3.63) is 89.0 Å². The van der Waals surface area contributed by atoms with E-state index in [1.807, 2.05) is 24.3 Å². The van der Waals surface area contributed by atoms with Crippen molar-refractivity contribution < 1.29 is 37.7 Å². The Balaban J connectivity index is 1.90. The van der Waals surface area contributed by atoms with Crippen LogP contribution < -0.4 is 15.4 Å². The molecule has 0 bridgehead atoms. The number of hydrogen-bond acceptors (Lipinski definition) is 5. The molecule has 0 heterocycles. The Morgan fingerprint density at radius 1 is 0.947 bits per heavy atom. The number of aliphatic carboxylic acids is 1. The first-order valence-electron chi connectivity index (χ1n) is 11.8. The van der Waals surface area contributed by atoms with Gasteiger partial charge >= 0.3 is 12.3 Å². The Labute approximate surface area is 218 Å². The molecule has 0 aliphatic heterocycles. The summed E-state index contributed by atoms with van der Waals surface area (Å²) < 4.78 is 41.8. The summed E-state index contributed by atoms with van der Waals surface area (Å²) in [5, 5.41) is 25.1. The zero-order valence-electron chi connectivity index (χ0n) is 21.1. The number of phenolic OH excluding ortho intramolecular Hbond substituents is 1. The van der Waals surface area contributed by atoms with Gasteiger partial charge in [0.15, 0.2) is 0 Å². The third kappa shape index (κ3) is 7.89. The lowest BCUT2D eigenvalue weighted by atomic mass is 9.85. The highest BCUT2D eigenvalue weighted by Crippen LogP contribution is 2.37. The van der Waals surface area contributed by atoms with E-state index in [0.717, 1.165) is 23.3 Å². The van der Waals surface area contributed by atoms with E-state index in [9.17, 15) is 27.9 Å². The van der Waals surface area contributed by atoms with Crippen molar-refractivity contribution in [2.75, 3.05) is 11.9 Å². The summed E-state index contributed by atoms with van der Waals surface area (Å²) in [6.07, 6.45) is -5.09. The van der Waals surface area contributed by atoms with Crippen LogP contribution in [0.2, 0.25) is 0 Å². The standard InChI is InChI=1S/C28H29F3N2O5/c1-27(2,3)19-8-4-17(5-9-19)25(22-13-12-21(16-23(22)34)38-28(29,30)31)33-20-10-6-18(7-11-20)26(37)32-15-14-24(35)36/h4-13,16,25,33-34H,14-15H2,1-3H3,(H,32,37)(H,35,36). The molecule has 0 aliphatic rings. The van der Waals surface area contributed by atoms with E-state index in [1.54, 1.807) is 24.3 Å². The number of alkyl halides is 3. The van der Waals surface area contributed by atoms with Crippen LogP contribution >= 0.6 is 0 Å². The molecule has 4 N–H and O–H groups in total. The van der Waals surface area contributed by atoms with Crippen LogP contribution in [0, 0.1) is 0 Å².